The topological polar surface area (TPSA) is 81.6 Å². The maximum absolute atomic E-state index is 13.9. The van der Waals surface area contributed by atoms with Crippen molar-refractivity contribution in [1.29, 1.82) is 0 Å². The Labute approximate surface area is 214 Å². The minimum absolute atomic E-state index is 0.0272. The number of thiophene rings is 1. The summed E-state index contributed by atoms with van der Waals surface area (Å²) < 4.78 is 41.7. The molecule has 0 aromatic carbocycles. The molecule has 2 N–H and O–H groups in total. The second kappa shape index (κ2) is 12.4. The average Bonchev–Trinajstić information content (AvgIpc) is 3.27. The Balaban J connectivity index is 1.89. The van der Waals surface area contributed by atoms with E-state index in [2.05, 4.69) is 22.2 Å². The Morgan fingerprint density at radius 3 is 2.58 bits per heavy atom. The molecule has 3 rings (SSSR count). The van der Waals surface area contributed by atoms with Crippen LogP contribution in [0.15, 0.2) is 12.3 Å². The third-order valence-corrected chi connectivity index (χ3v) is 7.99. The van der Waals surface area contributed by atoms with Crippen molar-refractivity contribution in [3.63, 3.8) is 0 Å². The number of unbranched alkanes of at least 4 members (excludes halogenated alkanes) is 3. The van der Waals surface area contributed by atoms with Gasteiger partial charge in [0.15, 0.2) is 5.78 Å². The minimum atomic E-state index is -4.63. The summed E-state index contributed by atoms with van der Waals surface area (Å²) in [6, 6.07) is 1.53. The Hall–Kier alpha value is -2.08. The number of nitrogens with one attached hydrogen (secondary N) is 1. The van der Waals surface area contributed by atoms with Gasteiger partial charge in [0, 0.05) is 42.8 Å². The van der Waals surface area contributed by atoms with E-state index in [-0.39, 0.29) is 29.4 Å². The van der Waals surface area contributed by atoms with E-state index in [1.807, 2.05) is 6.92 Å². The smallest absolute Gasteiger partial charge is 0.351 e. The van der Waals surface area contributed by atoms with Gasteiger partial charge in [0.2, 0.25) is 5.95 Å². The van der Waals surface area contributed by atoms with Gasteiger partial charge in [0.05, 0.1) is 10.6 Å². The predicted octanol–water partition coefficient (Wildman–Crippen LogP) is 6.61. The van der Waals surface area contributed by atoms with E-state index in [1.54, 1.807) is 18.1 Å². The zero-order valence-electron chi connectivity index (χ0n) is 21.4. The molecule has 0 bridgehead atoms. The Morgan fingerprint density at radius 2 is 2.00 bits per heavy atom. The van der Waals surface area contributed by atoms with Gasteiger partial charge in [-0.15, -0.1) is 16.5 Å². The van der Waals surface area contributed by atoms with E-state index >= 15 is 0 Å². The first-order chi connectivity index (χ1) is 17.0. The number of hydrazine groups is 1. The van der Waals surface area contributed by atoms with Gasteiger partial charge in [-0.1, -0.05) is 39.5 Å². The van der Waals surface area contributed by atoms with Gasteiger partial charge < -0.3 is 5.32 Å². The number of hydroxylamine groups is 1. The number of piperidine rings is 1. The molecule has 11 heteroatoms. The molecule has 2 aromatic heterocycles. The quantitative estimate of drug-likeness (QED) is 0.193. The monoisotopic (exact) mass is 527 g/mol. The van der Waals surface area contributed by atoms with Gasteiger partial charge in [0.1, 0.15) is 5.56 Å². The van der Waals surface area contributed by atoms with Crippen molar-refractivity contribution in [1.82, 2.24) is 20.1 Å². The van der Waals surface area contributed by atoms with Crippen LogP contribution in [-0.4, -0.2) is 57.3 Å². The lowest BCUT2D eigenvalue weighted by molar-refractivity contribution is -0.232. The van der Waals surface area contributed by atoms with E-state index in [4.69, 9.17) is 0 Å². The zero-order valence-corrected chi connectivity index (χ0v) is 22.2. The van der Waals surface area contributed by atoms with Crippen molar-refractivity contribution in [2.24, 2.45) is 0 Å². The Bertz CT molecular complexity index is 1020. The molecule has 1 aliphatic heterocycles. The van der Waals surface area contributed by atoms with Gasteiger partial charge >= 0.3 is 6.18 Å². The predicted molar refractivity (Wildman–Crippen MR) is 135 cm³/mol. The SMILES string of the molecule is CCCCCCC(C)c1sc(-c2nc(NC3CCN(N(C)O)CC3)ncc2C(F)(F)F)cc1C(C)=O. The summed E-state index contributed by atoms with van der Waals surface area (Å²) >= 11 is 1.22. The van der Waals surface area contributed by atoms with Gasteiger partial charge in [0.25, 0.3) is 0 Å². The van der Waals surface area contributed by atoms with Crippen LogP contribution in [-0.2, 0) is 6.18 Å². The number of rotatable bonds is 11. The summed E-state index contributed by atoms with van der Waals surface area (Å²) in [5.41, 5.74) is -0.646. The number of hydrogen-bond donors (Lipinski definition) is 2. The third-order valence-electron chi connectivity index (χ3n) is 6.62. The number of aromatic nitrogens is 2. The van der Waals surface area contributed by atoms with E-state index in [9.17, 15) is 23.2 Å². The number of nitrogens with zero attached hydrogens (tertiary/aromatic N) is 4. The minimum Gasteiger partial charge on any atom is -0.351 e. The molecule has 0 saturated carbocycles. The van der Waals surface area contributed by atoms with E-state index in [0.717, 1.165) is 48.4 Å². The normalized spacial score (nSPS) is 16.5. The summed E-state index contributed by atoms with van der Waals surface area (Å²) in [7, 11) is 1.55. The molecule has 1 atom stereocenters. The molecular formula is C25H36F3N5O2S. The lowest BCUT2D eigenvalue weighted by atomic mass is 9.97. The molecule has 200 valence electrons. The first kappa shape index (κ1) is 28.5. The molecule has 36 heavy (non-hydrogen) atoms. The highest BCUT2D eigenvalue weighted by molar-refractivity contribution is 7.16. The van der Waals surface area contributed by atoms with Crippen LogP contribution in [0.3, 0.4) is 0 Å². The standard InChI is InChI=1S/C25H36F3N5O2S/c1-5-6-7-8-9-16(2)23-19(17(3)34)14-21(36-23)22-20(25(26,27)28)15-29-24(31-22)30-18-10-12-33(13-11-18)32(4)35/h14-16,18,35H,5-13H2,1-4H3,(H,29,30,31). The first-order valence-corrected chi connectivity index (χ1v) is 13.4. The van der Waals surface area contributed by atoms with Gasteiger partial charge in [-0.05, 0) is 38.2 Å². The molecule has 0 spiro atoms. The highest BCUT2D eigenvalue weighted by atomic mass is 32.1. The molecule has 1 fully saturated rings. The number of carbonyl (C=O) groups is 1. The van der Waals surface area contributed by atoms with Crippen LogP contribution < -0.4 is 5.32 Å². The maximum Gasteiger partial charge on any atom is 0.420 e. The molecule has 1 saturated heterocycles. The Kier molecular flexibility index (Phi) is 9.85. The fourth-order valence-electron chi connectivity index (χ4n) is 4.50. The van der Waals surface area contributed by atoms with Crippen molar-refractivity contribution < 1.29 is 23.2 Å². The molecule has 1 unspecified atom stereocenters. The van der Waals surface area contributed by atoms with Gasteiger partial charge in [-0.25, -0.2) is 15.0 Å². The summed E-state index contributed by atoms with van der Waals surface area (Å²) in [6.45, 7) is 6.83. The van der Waals surface area contributed by atoms with Crippen molar-refractivity contribution in [2.45, 2.75) is 83.9 Å². The number of alkyl halides is 3. The number of ketones is 1. The van der Waals surface area contributed by atoms with Crippen LogP contribution in [0.5, 0.6) is 0 Å². The highest BCUT2D eigenvalue weighted by Gasteiger charge is 2.36. The molecule has 2 aromatic rings. The summed E-state index contributed by atoms with van der Waals surface area (Å²) in [6.07, 6.45) is 2.81. The van der Waals surface area contributed by atoms with Crippen LogP contribution in [0.2, 0.25) is 0 Å². The maximum atomic E-state index is 13.9. The third kappa shape index (κ3) is 7.24. The number of halogens is 3. The van der Waals surface area contributed by atoms with Gasteiger partial charge in [-0.3, -0.25) is 10.0 Å². The molecule has 0 radical (unpaired) electrons. The Morgan fingerprint density at radius 1 is 1.31 bits per heavy atom. The van der Waals surface area contributed by atoms with Crippen LogP contribution in [0, 0.1) is 0 Å². The second-order valence-corrected chi connectivity index (χ2v) is 10.6. The fourth-order valence-corrected chi connectivity index (χ4v) is 5.80. The zero-order chi connectivity index (χ0) is 26.5. The second-order valence-electron chi connectivity index (χ2n) is 9.51. The molecule has 3 heterocycles. The van der Waals surface area contributed by atoms with E-state index < -0.39 is 11.7 Å². The average molecular weight is 528 g/mol. The van der Waals surface area contributed by atoms with Crippen molar-refractivity contribution in [3.8, 4) is 10.6 Å². The van der Waals surface area contributed by atoms with E-state index in [0.29, 0.717) is 36.4 Å². The highest BCUT2D eigenvalue weighted by Crippen LogP contribution is 2.42. The summed E-state index contributed by atoms with van der Waals surface area (Å²) in [5.74, 6) is 0.0401. The van der Waals surface area contributed by atoms with Crippen LogP contribution in [0.25, 0.3) is 10.6 Å². The number of Topliss-reactive ketones (excluding diaryl/α,β-unsaturated/α-hetero) is 1. The lowest BCUT2D eigenvalue weighted by Crippen LogP contribution is -2.46. The first-order valence-electron chi connectivity index (χ1n) is 12.5. The van der Waals surface area contributed by atoms with Gasteiger partial charge in [-0.2, -0.15) is 13.2 Å². The molecular weight excluding hydrogens is 491 g/mol. The van der Waals surface area contributed by atoms with Crippen LogP contribution in [0.4, 0.5) is 19.1 Å². The summed E-state index contributed by atoms with van der Waals surface area (Å²) in [5, 5.41) is 15.6. The fraction of sp³-hybridized carbons (Fsp3) is 0.640. The number of carbonyl (C=O) groups excluding carboxylic acids is 1. The number of hydrogen-bond acceptors (Lipinski definition) is 8. The summed E-state index contributed by atoms with van der Waals surface area (Å²) in [4.78, 5) is 21.8. The largest absolute Gasteiger partial charge is 0.420 e. The molecule has 0 aliphatic carbocycles. The molecule has 0 amide bonds. The van der Waals surface area contributed by atoms with Crippen molar-refractivity contribution >= 4 is 23.1 Å². The van der Waals surface area contributed by atoms with Crippen LogP contribution in [0.1, 0.15) is 92.4 Å². The van der Waals surface area contributed by atoms with Crippen molar-refractivity contribution in [2.75, 3.05) is 25.5 Å². The van der Waals surface area contributed by atoms with E-state index in [1.165, 1.54) is 18.3 Å². The van der Waals surface area contributed by atoms with Crippen LogP contribution >= 0.6 is 11.3 Å². The lowest BCUT2D eigenvalue weighted by Gasteiger charge is -2.34. The number of anilines is 1. The molecule has 1 aliphatic rings. The molecule has 7 nitrogen and oxygen atoms in total. The van der Waals surface area contributed by atoms with Crippen molar-refractivity contribution in [3.05, 3.63) is 28.3 Å².